The van der Waals surface area contributed by atoms with Crippen molar-refractivity contribution < 1.29 is 4.42 Å². The summed E-state index contributed by atoms with van der Waals surface area (Å²) in [6, 6.07) is 85.3. The van der Waals surface area contributed by atoms with Gasteiger partial charge in [-0.25, -0.2) is 0 Å². The number of para-hydroxylation sites is 1. The Morgan fingerprint density at radius 3 is 1.50 bits per heavy atom. The van der Waals surface area contributed by atoms with E-state index in [1.54, 1.807) is 0 Å². The molecule has 0 fully saturated rings. The van der Waals surface area contributed by atoms with Gasteiger partial charge in [0, 0.05) is 22.3 Å². The van der Waals surface area contributed by atoms with Crippen molar-refractivity contribution in [1.29, 1.82) is 0 Å². The first-order chi connectivity index (χ1) is 30.7. The number of fused-ring (bicyclic) bond motifs is 7. The number of nitrogens with zero attached hydrogens (tertiary/aromatic N) is 1. The number of anilines is 3. The van der Waals surface area contributed by atoms with E-state index in [4.69, 9.17) is 4.42 Å². The highest BCUT2D eigenvalue weighted by atomic mass is 16.3. The average Bonchev–Trinajstić information content (AvgIpc) is 3.75. The van der Waals surface area contributed by atoms with Crippen LogP contribution in [-0.4, -0.2) is 0 Å². The highest BCUT2D eigenvalue weighted by molar-refractivity contribution is 6.17. The van der Waals surface area contributed by atoms with Crippen LogP contribution < -0.4 is 4.90 Å². The Morgan fingerprint density at radius 2 is 0.774 bits per heavy atom. The van der Waals surface area contributed by atoms with Gasteiger partial charge in [-0.05, 0) is 114 Å². The zero-order chi connectivity index (χ0) is 41.0. The molecule has 0 bridgehead atoms. The summed E-state index contributed by atoms with van der Waals surface area (Å²) in [5.41, 5.74) is 14.3. The number of furan rings is 1. The quantitative estimate of drug-likeness (QED) is 0.150. The Hall–Kier alpha value is -8.20. The normalized spacial score (nSPS) is 11.5. The van der Waals surface area contributed by atoms with E-state index in [0.29, 0.717) is 0 Å². The third kappa shape index (κ3) is 6.04. The highest BCUT2D eigenvalue weighted by Gasteiger charge is 2.22. The van der Waals surface area contributed by atoms with Crippen LogP contribution in [0.1, 0.15) is 0 Å². The van der Waals surface area contributed by atoms with Gasteiger partial charge in [0.15, 0.2) is 0 Å². The molecule has 0 aliphatic rings. The molecular weight excluding hydrogens is 751 g/mol. The van der Waals surface area contributed by atoms with Gasteiger partial charge < -0.3 is 9.32 Å². The van der Waals surface area contributed by atoms with Gasteiger partial charge in [0.25, 0.3) is 0 Å². The van der Waals surface area contributed by atoms with E-state index in [2.05, 4.69) is 235 Å². The standard InChI is InChI=1S/C60H39NO/c1-2-12-43(13-3-1)53-38-39-57(59-56-19-8-9-23-58(56)62-60(53)59)61(48-35-30-46(31-36-48)52-21-11-22-54-51-18-7-5-15-44(51)32-37-55(52)54)47-33-28-41(29-34-47)40-24-26-45(27-25-40)50-20-10-16-42-14-4-6-17-49(42)50/h1-39H. The zero-order valence-corrected chi connectivity index (χ0v) is 33.9. The minimum absolute atomic E-state index is 0.869. The molecule has 0 spiro atoms. The lowest BCUT2D eigenvalue weighted by Crippen LogP contribution is -2.10. The second-order valence-corrected chi connectivity index (χ2v) is 16.0. The Kier molecular flexibility index (Phi) is 8.53. The fourth-order valence-corrected chi connectivity index (χ4v) is 9.47. The molecule has 0 saturated carbocycles. The molecule has 290 valence electrons. The summed E-state index contributed by atoms with van der Waals surface area (Å²) in [6.07, 6.45) is 0. The first-order valence-electron chi connectivity index (χ1n) is 21.2. The van der Waals surface area contributed by atoms with Crippen LogP contribution in [0.4, 0.5) is 17.1 Å². The fraction of sp³-hybridized carbons (Fsp3) is 0. The first-order valence-corrected chi connectivity index (χ1v) is 21.2. The van der Waals surface area contributed by atoms with Crippen molar-refractivity contribution in [2.45, 2.75) is 0 Å². The molecule has 0 N–H and O–H groups in total. The van der Waals surface area contributed by atoms with Gasteiger partial charge in [0.2, 0.25) is 0 Å². The predicted molar refractivity (Wildman–Crippen MR) is 263 cm³/mol. The van der Waals surface area contributed by atoms with Crippen molar-refractivity contribution in [2.24, 2.45) is 0 Å². The lowest BCUT2D eigenvalue weighted by Gasteiger charge is -2.27. The van der Waals surface area contributed by atoms with Crippen molar-refractivity contribution >= 4 is 71.3 Å². The molecule has 0 aliphatic carbocycles. The van der Waals surface area contributed by atoms with Crippen molar-refractivity contribution in [2.75, 3.05) is 4.90 Å². The second-order valence-electron chi connectivity index (χ2n) is 16.0. The van der Waals surface area contributed by atoms with Crippen molar-refractivity contribution in [3.8, 4) is 44.5 Å². The van der Waals surface area contributed by atoms with E-state index >= 15 is 0 Å². The number of benzene rings is 11. The van der Waals surface area contributed by atoms with Gasteiger partial charge in [-0.15, -0.1) is 0 Å². The molecule has 62 heavy (non-hydrogen) atoms. The first kappa shape index (κ1) is 35.7. The minimum Gasteiger partial charge on any atom is -0.455 e. The van der Waals surface area contributed by atoms with Gasteiger partial charge in [-0.3, -0.25) is 0 Å². The van der Waals surface area contributed by atoms with Crippen LogP contribution in [-0.2, 0) is 0 Å². The zero-order valence-electron chi connectivity index (χ0n) is 33.9. The topological polar surface area (TPSA) is 16.4 Å². The monoisotopic (exact) mass is 789 g/mol. The molecule has 0 atom stereocenters. The molecule has 2 heteroatoms. The summed E-state index contributed by atoms with van der Waals surface area (Å²) in [4.78, 5) is 2.38. The molecular formula is C60H39NO. The van der Waals surface area contributed by atoms with E-state index in [1.165, 1.54) is 60.1 Å². The summed E-state index contributed by atoms with van der Waals surface area (Å²) >= 11 is 0. The molecule has 11 aromatic carbocycles. The third-order valence-corrected chi connectivity index (χ3v) is 12.5. The van der Waals surface area contributed by atoms with Gasteiger partial charge in [0.05, 0.1) is 11.1 Å². The minimum atomic E-state index is 0.869. The van der Waals surface area contributed by atoms with Crippen LogP contribution >= 0.6 is 0 Å². The lowest BCUT2D eigenvalue weighted by atomic mass is 9.94. The molecule has 1 aromatic heterocycles. The maximum atomic E-state index is 6.76. The van der Waals surface area contributed by atoms with Crippen molar-refractivity contribution in [1.82, 2.24) is 0 Å². The van der Waals surface area contributed by atoms with Crippen LogP contribution in [0, 0.1) is 0 Å². The van der Waals surface area contributed by atoms with E-state index in [-0.39, 0.29) is 0 Å². The summed E-state index contributed by atoms with van der Waals surface area (Å²) in [5, 5.41) is 9.73. The van der Waals surface area contributed by atoms with Crippen molar-refractivity contribution in [3.05, 3.63) is 237 Å². The van der Waals surface area contributed by atoms with Crippen molar-refractivity contribution in [3.63, 3.8) is 0 Å². The second kappa shape index (κ2) is 14.8. The predicted octanol–water partition coefficient (Wildman–Crippen LogP) is 17.2. The summed E-state index contributed by atoms with van der Waals surface area (Å²) < 4.78 is 6.76. The smallest absolute Gasteiger partial charge is 0.145 e. The maximum absolute atomic E-state index is 6.76. The highest BCUT2D eigenvalue weighted by Crippen LogP contribution is 2.47. The van der Waals surface area contributed by atoms with E-state index in [0.717, 1.165) is 55.7 Å². The van der Waals surface area contributed by atoms with Crippen LogP contribution in [0.25, 0.3) is 98.8 Å². The lowest BCUT2D eigenvalue weighted by molar-refractivity contribution is 0.670. The molecule has 0 saturated heterocycles. The fourth-order valence-electron chi connectivity index (χ4n) is 9.47. The summed E-state index contributed by atoms with van der Waals surface area (Å²) in [6.45, 7) is 0. The number of hydrogen-bond donors (Lipinski definition) is 0. The number of rotatable bonds is 7. The third-order valence-electron chi connectivity index (χ3n) is 12.5. The average molecular weight is 790 g/mol. The van der Waals surface area contributed by atoms with Crippen LogP contribution in [0.15, 0.2) is 241 Å². The molecule has 2 nitrogen and oxygen atoms in total. The van der Waals surface area contributed by atoms with Gasteiger partial charge in [0.1, 0.15) is 11.2 Å². The largest absolute Gasteiger partial charge is 0.455 e. The molecule has 0 aliphatic heterocycles. The van der Waals surface area contributed by atoms with E-state index in [1.807, 2.05) is 6.07 Å². The van der Waals surface area contributed by atoms with Crippen LogP contribution in [0.5, 0.6) is 0 Å². The van der Waals surface area contributed by atoms with Gasteiger partial charge in [-0.2, -0.15) is 0 Å². The molecule has 12 aromatic rings. The number of hydrogen-bond acceptors (Lipinski definition) is 2. The molecule has 0 amide bonds. The van der Waals surface area contributed by atoms with Crippen LogP contribution in [0.2, 0.25) is 0 Å². The summed E-state index contributed by atoms with van der Waals surface area (Å²) in [7, 11) is 0. The Labute approximate surface area is 360 Å². The summed E-state index contributed by atoms with van der Waals surface area (Å²) in [5.74, 6) is 0. The Morgan fingerprint density at radius 1 is 0.274 bits per heavy atom. The Bertz CT molecular complexity index is 3600. The Balaban J connectivity index is 0.985. The molecule has 1 heterocycles. The van der Waals surface area contributed by atoms with Crippen LogP contribution in [0.3, 0.4) is 0 Å². The molecule has 12 rings (SSSR count). The maximum Gasteiger partial charge on any atom is 0.145 e. The van der Waals surface area contributed by atoms with Gasteiger partial charge in [-0.1, -0.05) is 194 Å². The molecule has 0 radical (unpaired) electrons. The molecule has 0 unspecified atom stereocenters. The van der Waals surface area contributed by atoms with E-state index < -0.39 is 0 Å². The van der Waals surface area contributed by atoms with E-state index in [9.17, 15) is 0 Å². The SMILES string of the molecule is c1ccc(-c2ccc(N(c3ccc(-c4ccc(-c5cccc6ccccc56)cc4)cc3)c3ccc(-c4cccc5c4ccc4ccccc45)cc3)c3c2oc2ccccc23)cc1. The van der Waals surface area contributed by atoms with Gasteiger partial charge >= 0.3 is 0 Å².